The second-order valence-corrected chi connectivity index (χ2v) is 10.4. The van der Waals surface area contributed by atoms with Gasteiger partial charge in [0.1, 0.15) is 10.1 Å². The van der Waals surface area contributed by atoms with Gasteiger partial charge in [0.05, 0.1) is 17.7 Å². The molecule has 1 aromatic carbocycles. The fourth-order valence-electron chi connectivity index (χ4n) is 3.65. The molecule has 0 aliphatic heterocycles. The molecule has 9 heteroatoms. The van der Waals surface area contributed by atoms with Gasteiger partial charge in [-0.15, -0.1) is 0 Å². The van der Waals surface area contributed by atoms with E-state index in [1.54, 1.807) is 6.07 Å². The van der Waals surface area contributed by atoms with Crippen LogP contribution in [0.5, 0.6) is 0 Å². The monoisotopic (exact) mass is 536 g/mol. The van der Waals surface area contributed by atoms with E-state index in [0.29, 0.717) is 0 Å². The molecule has 0 radical (unpaired) electrons. The van der Waals surface area contributed by atoms with E-state index < -0.39 is 27.5 Å². The summed E-state index contributed by atoms with van der Waals surface area (Å²) in [5.41, 5.74) is -2.00. The van der Waals surface area contributed by atoms with Gasteiger partial charge in [0.15, 0.2) is 5.44 Å². The first kappa shape index (κ1) is 34.7. The predicted octanol–water partition coefficient (Wildman–Crippen LogP) is 3.38. The van der Waals surface area contributed by atoms with E-state index in [4.69, 9.17) is 4.74 Å². The molecule has 0 fully saturated rings. The molecule has 0 N–H and O–H groups in total. The molecule has 1 rings (SSSR count). The summed E-state index contributed by atoms with van der Waals surface area (Å²) >= 11 is 0. The van der Waals surface area contributed by atoms with Crippen molar-refractivity contribution in [1.29, 1.82) is 0 Å². The third-order valence-electron chi connectivity index (χ3n) is 5.78. The van der Waals surface area contributed by atoms with E-state index in [1.807, 2.05) is 0 Å². The molecule has 1 atom stereocenters. The van der Waals surface area contributed by atoms with Gasteiger partial charge in [0.25, 0.3) is 0 Å². The van der Waals surface area contributed by atoms with Crippen LogP contribution in [0.2, 0.25) is 0 Å². The molecule has 0 aliphatic rings. The van der Waals surface area contributed by atoms with Crippen molar-refractivity contribution in [2.75, 3.05) is 6.61 Å². The van der Waals surface area contributed by atoms with Crippen molar-refractivity contribution in [1.82, 2.24) is 0 Å². The van der Waals surface area contributed by atoms with Gasteiger partial charge in [-0.1, -0.05) is 103 Å². The topological polar surface area (TPSA) is 110 Å². The van der Waals surface area contributed by atoms with Crippen LogP contribution in [0.1, 0.15) is 124 Å². The van der Waals surface area contributed by atoms with Crippen molar-refractivity contribution < 1.29 is 83.4 Å². The standard InChI is InChI=1S/C26H42O7S.K/c1-3-4-5-6-7-8-9-10-11-12-13-14-15-18-21-32-25(27)23-19-16-17-20-24(23)26(28)33-22(2)34(29,30)31;/h16-17,19-20,22H,3-15,18,21H2,1-2H3,(H,29,30,31);/q;+1/p-1. The second kappa shape index (κ2) is 20.7. The van der Waals surface area contributed by atoms with Crippen molar-refractivity contribution in [3.63, 3.8) is 0 Å². The molecule has 0 spiro atoms. The number of esters is 2. The van der Waals surface area contributed by atoms with Crippen LogP contribution in [0.4, 0.5) is 0 Å². The number of benzene rings is 1. The molecule has 0 aliphatic carbocycles. The van der Waals surface area contributed by atoms with Gasteiger partial charge < -0.3 is 14.0 Å². The Morgan fingerprint density at radius 1 is 0.771 bits per heavy atom. The zero-order chi connectivity index (χ0) is 25.2. The molecule has 0 heterocycles. The first-order chi connectivity index (χ1) is 16.3. The van der Waals surface area contributed by atoms with E-state index >= 15 is 0 Å². The van der Waals surface area contributed by atoms with Crippen molar-refractivity contribution >= 4 is 22.1 Å². The minimum Gasteiger partial charge on any atom is -0.745 e. The Balaban J connectivity index is 0.0000116. The molecule has 0 bridgehead atoms. The number of carbonyl (C=O) groups excluding carboxylic acids is 2. The summed E-state index contributed by atoms with van der Waals surface area (Å²) in [4.78, 5) is 24.6. The summed E-state index contributed by atoms with van der Waals surface area (Å²) in [5.74, 6) is -1.74. The number of unbranched alkanes of at least 4 members (excludes halogenated alkanes) is 13. The molecule has 0 saturated carbocycles. The molecular formula is C26H41KO7S. The summed E-state index contributed by atoms with van der Waals surface area (Å²) in [6.07, 6.45) is 17.3. The zero-order valence-electron chi connectivity index (χ0n) is 21.8. The third kappa shape index (κ3) is 16.2. The van der Waals surface area contributed by atoms with Crippen LogP contribution in [-0.4, -0.2) is 37.0 Å². The Bertz CT molecular complexity index is 827. The van der Waals surface area contributed by atoms with Crippen molar-refractivity contribution in [2.45, 2.75) is 109 Å². The molecule has 0 saturated heterocycles. The number of hydrogen-bond acceptors (Lipinski definition) is 7. The molecular weight excluding hydrogens is 495 g/mol. The van der Waals surface area contributed by atoms with Crippen LogP contribution in [0.3, 0.4) is 0 Å². The fraction of sp³-hybridized carbons (Fsp3) is 0.692. The summed E-state index contributed by atoms with van der Waals surface area (Å²) in [5, 5.41) is 0. The molecule has 194 valence electrons. The van der Waals surface area contributed by atoms with Crippen molar-refractivity contribution in [3.8, 4) is 0 Å². The van der Waals surface area contributed by atoms with Crippen LogP contribution in [0.25, 0.3) is 0 Å². The smallest absolute Gasteiger partial charge is 0.745 e. The van der Waals surface area contributed by atoms with Gasteiger partial charge in [-0.2, -0.15) is 0 Å². The first-order valence-electron chi connectivity index (χ1n) is 12.7. The van der Waals surface area contributed by atoms with E-state index in [-0.39, 0.29) is 69.1 Å². The van der Waals surface area contributed by atoms with E-state index in [0.717, 1.165) is 26.2 Å². The average Bonchev–Trinajstić information content (AvgIpc) is 2.80. The zero-order valence-corrected chi connectivity index (χ0v) is 25.7. The number of ether oxygens (including phenoxy) is 2. The number of hydrogen-bond donors (Lipinski definition) is 0. The van der Waals surface area contributed by atoms with Crippen LogP contribution in [0.15, 0.2) is 24.3 Å². The van der Waals surface area contributed by atoms with Gasteiger partial charge >= 0.3 is 63.3 Å². The van der Waals surface area contributed by atoms with Crippen molar-refractivity contribution in [3.05, 3.63) is 35.4 Å². The molecule has 35 heavy (non-hydrogen) atoms. The summed E-state index contributed by atoms with van der Waals surface area (Å²) < 4.78 is 42.8. The third-order valence-corrected chi connectivity index (χ3v) is 6.69. The Morgan fingerprint density at radius 2 is 1.17 bits per heavy atom. The first-order valence-corrected chi connectivity index (χ1v) is 14.2. The maximum absolute atomic E-state index is 12.4. The van der Waals surface area contributed by atoms with Crippen LogP contribution < -0.4 is 51.4 Å². The Labute approximate surface area is 254 Å². The van der Waals surface area contributed by atoms with Crippen LogP contribution >= 0.6 is 0 Å². The predicted molar refractivity (Wildman–Crippen MR) is 132 cm³/mol. The minimum absolute atomic E-state index is 0. The number of carbonyl (C=O) groups is 2. The molecule has 0 aromatic heterocycles. The Hall–Kier alpha value is -0.294. The van der Waals surface area contributed by atoms with Crippen LogP contribution in [0, 0.1) is 0 Å². The second-order valence-electron chi connectivity index (χ2n) is 8.74. The SMILES string of the molecule is CCCCCCCCCCCCCCCCOC(=O)c1ccccc1C(=O)OC(C)S(=O)(=O)[O-].[K+]. The normalized spacial score (nSPS) is 12.0. The average molecular weight is 537 g/mol. The van der Waals surface area contributed by atoms with Gasteiger partial charge in [0, 0.05) is 0 Å². The van der Waals surface area contributed by atoms with Gasteiger partial charge in [0.2, 0.25) is 0 Å². The molecule has 7 nitrogen and oxygen atoms in total. The fourth-order valence-corrected chi connectivity index (χ4v) is 3.86. The van der Waals surface area contributed by atoms with Crippen molar-refractivity contribution in [2.24, 2.45) is 0 Å². The summed E-state index contributed by atoms with van der Waals surface area (Å²) in [7, 11) is -4.79. The Morgan fingerprint density at radius 3 is 1.60 bits per heavy atom. The van der Waals surface area contributed by atoms with Gasteiger partial charge in [-0.05, 0) is 25.5 Å². The summed E-state index contributed by atoms with van der Waals surface area (Å²) in [6.45, 7) is 3.45. The molecule has 1 unspecified atom stereocenters. The molecule has 1 aromatic rings. The van der Waals surface area contributed by atoms with Gasteiger partial charge in [-0.25, -0.2) is 18.0 Å². The number of rotatable bonds is 19. The van der Waals surface area contributed by atoms with E-state index in [2.05, 4.69) is 11.7 Å². The van der Waals surface area contributed by atoms with E-state index in [9.17, 15) is 22.6 Å². The van der Waals surface area contributed by atoms with E-state index in [1.165, 1.54) is 88.8 Å². The molecule has 0 amide bonds. The Kier molecular flexibility index (Phi) is 20.6. The summed E-state index contributed by atoms with van der Waals surface area (Å²) in [6, 6.07) is 5.81. The maximum atomic E-state index is 12.4. The quantitative estimate of drug-likeness (QED) is 0.115. The minimum atomic E-state index is -4.79. The maximum Gasteiger partial charge on any atom is 1.00 e. The van der Waals surface area contributed by atoms with Crippen LogP contribution in [-0.2, 0) is 19.6 Å². The van der Waals surface area contributed by atoms with Gasteiger partial charge in [-0.3, -0.25) is 0 Å². The largest absolute Gasteiger partial charge is 1.00 e.